The number of hydrogen-bond donors (Lipinski definition) is 2. The molecule has 1 aromatic rings. The van der Waals surface area contributed by atoms with Gasteiger partial charge in [0.25, 0.3) is 0 Å². The van der Waals surface area contributed by atoms with Crippen LogP contribution in [0.25, 0.3) is 0 Å². The Kier molecular flexibility index (Phi) is 5.54. The minimum absolute atomic E-state index is 0.140. The van der Waals surface area contributed by atoms with Gasteiger partial charge in [-0.3, -0.25) is 7.57 Å². The van der Waals surface area contributed by atoms with Gasteiger partial charge in [0.05, 0.1) is 5.30 Å². The normalized spacial score (nSPS) is 35.2. The van der Waals surface area contributed by atoms with Crippen molar-refractivity contribution in [2.45, 2.75) is 50.3 Å². The molecule has 3 rings (SSSR count). The van der Waals surface area contributed by atoms with Gasteiger partial charge in [0.15, 0.2) is 0 Å². The minimum atomic E-state index is -1.62. The summed E-state index contributed by atoms with van der Waals surface area (Å²) >= 11 is 0. The van der Waals surface area contributed by atoms with Crippen molar-refractivity contribution in [2.75, 3.05) is 26.2 Å². The standard InChI is InChI=1S/C18H30BN2P2/c1-13-9-20-10-14(2)22(13)17-7-5-6-8-18(17)23(19)15(3)11-21-12-16(23)4/h5-8,13-16,20-21H,9-12H2,1-4H3/t13-,14-,15-,16-/m1/s1. The van der Waals surface area contributed by atoms with Crippen molar-refractivity contribution in [1.29, 1.82) is 0 Å². The van der Waals surface area contributed by atoms with E-state index in [1.165, 1.54) is 5.30 Å². The fourth-order valence-electron chi connectivity index (χ4n) is 4.33. The molecule has 125 valence electrons. The van der Waals surface area contributed by atoms with Crippen molar-refractivity contribution in [3.05, 3.63) is 24.3 Å². The molecule has 2 heterocycles. The Morgan fingerprint density at radius 1 is 0.913 bits per heavy atom. The molecule has 1 aromatic carbocycles. The first-order valence-corrected chi connectivity index (χ1v) is 12.4. The maximum atomic E-state index is 7.23. The maximum Gasteiger partial charge on any atom is 0.0500 e. The summed E-state index contributed by atoms with van der Waals surface area (Å²) in [7, 11) is 5.47. The molecule has 2 aliphatic heterocycles. The third kappa shape index (κ3) is 3.15. The second kappa shape index (κ2) is 7.13. The summed E-state index contributed by atoms with van der Waals surface area (Å²) in [4.78, 5) is 0. The van der Waals surface area contributed by atoms with Crippen LogP contribution >= 0.6 is 15.1 Å². The minimum Gasteiger partial charge on any atom is -0.315 e. The molecule has 2 nitrogen and oxygen atoms in total. The largest absolute Gasteiger partial charge is 0.315 e. The highest BCUT2D eigenvalue weighted by Crippen LogP contribution is 2.63. The van der Waals surface area contributed by atoms with E-state index >= 15 is 0 Å². The van der Waals surface area contributed by atoms with Gasteiger partial charge in [0.1, 0.15) is 0 Å². The quantitative estimate of drug-likeness (QED) is 0.634. The van der Waals surface area contributed by atoms with Crippen LogP contribution in [0.15, 0.2) is 24.3 Å². The van der Waals surface area contributed by atoms with Gasteiger partial charge in [0, 0.05) is 42.8 Å². The van der Waals surface area contributed by atoms with E-state index in [4.69, 9.17) is 7.57 Å². The van der Waals surface area contributed by atoms with Crippen LogP contribution in [-0.4, -0.2) is 56.4 Å². The average Bonchev–Trinajstić information content (AvgIpc) is 2.53. The van der Waals surface area contributed by atoms with Crippen molar-refractivity contribution in [2.24, 2.45) is 0 Å². The highest BCUT2D eigenvalue weighted by Gasteiger charge is 2.41. The first-order valence-electron chi connectivity index (χ1n) is 8.92. The SMILES string of the molecule is [B-][P+]1(c2ccccc2P2[C@H](C)CNC[C@H]2C)[C@H](C)CNC[C@H]1C. The predicted molar refractivity (Wildman–Crippen MR) is 109 cm³/mol. The van der Waals surface area contributed by atoms with Crippen molar-refractivity contribution < 1.29 is 0 Å². The lowest BCUT2D eigenvalue weighted by Gasteiger charge is -2.52. The van der Waals surface area contributed by atoms with Crippen molar-refractivity contribution in [3.63, 3.8) is 0 Å². The summed E-state index contributed by atoms with van der Waals surface area (Å²) in [5, 5.41) is 10.3. The number of hydrogen-bond acceptors (Lipinski definition) is 2. The zero-order chi connectivity index (χ0) is 16.6. The van der Waals surface area contributed by atoms with Crippen LogP contribution in [0.1, 0.15) is 27.7 Å². The number of benzene rings is 1. The summed E-state index contributed by atoms with van der Waals surface area (Å²) < 4.78 is 0. The Bertz CT molecular complexity index is 534. The molecule has 3 radical (unpaired) electrons. The van der Waals surface area contributed by atoms with Crippen LogP contribution < -0.4 is 21.2 Å². The van der Waals surface area contributed by atoms with E-state index in [9.17, 15) is 0 Å². The third-order valence-electron chi connectivity index (χ3n) is 5.74. The second-order valence-electron chi connectivity index (χ2n) is 7.44. The van der Waals surface area contributed by atoms with Gasteiger partial charge < -0.3 is 10.6 Å². The topological polar surface area (TPSA) is 24.1 Å². The highest BCUT2D eigenvalue weighted by atomic mass is 31.2. The van der Waals surface area contributed by atoms with Gasteiger partial charge in [-0.15, -0.1) is 0 Å². The molecule has 2 fully saturated rings. The Morgan fingerprint density at radius 3 is 2.04 bits per heavy atom. The van der Waals surface area contributed by atoms with E-state index in [1.807, 2.05) is 0 Å². The van der Waals surface area contributed by atoms with E-state index in [2.05, 4.69) is 62.6 Å². The molecule has 0 bridgehead atoms. The van der Waals surface area contributed by atoms with Gasteiger partial charge in [-0.25, -0.2) is 7.14 Å². The molecule has 0 unspecified atom stereocenters. The lowest BCUT2D eigenvalue weighted by atomic mass is 10.3. The first-order chi connectivity index (χ1) is 11.0. The molecule has 0 aliphatic carbocycles. The molecule has 2 N–H and O–H groups in total. The van der Waals surface area contributed by atoms with E-state index in [0.29, 0.717) is 11.3 Å². The Morgan fingerprint density at radius 2 is 1.43 bits per heavy atom. The predicted octanol–water partition coefficient (Wildman–Crippen LogP) is 2.28. The van der Waals surface area contributed by atoms with Crippen LogP contribution in [0.2, 0.25) is 0 Å². The summed E-state index contributed by atoms with van der Waals surface area (Å²) in [6.07, 6.45) is 0. The van der Waals surface area contributed by atoms with Crippen LogP contribution in [-0.2, 0) is 0 Å². The zero-order valence-corrected chi connectivity index (χ0v) is 16.7. The van der Waals surface area contributed by atoms with E-state index < -0.39 is 7.14 Å². The van der Waals surface area contributed by atoms with Gasteiger partial charge in [-0.1, -0.05) is 40.0 Å². The molecule has 0 saturated carbocycles. The van der Waals surface area contributed by atoms with Crippen LogP contribution in [0.3, 0.4) is 0 Å². The Balaban J connectivity index is 2.07. The summed E-state index contributed by atoms with van der Waals surface area (Å²) in [6.45, 7) is 14.0. The van der Waals surface area contributed by atoms with Crippen molar-refractivity contribution in [3.8, 4) is 0 Å². The molecule has 0 amide bonds. The Labute approximate surface area is 145 Å². The maximum absolute atomic E-state index is 7.23. The van der Waals surface area contributed by atoms with Crippen LogP contribution in [0.5, 0.6) is 0 Å². The van der Waals surface area contributed by atoms with E-state index in [1.54, 1.807) is 5.30 Å². The van der Waals surface area contributed by atoms with Gasteiger partial charge >= 0.3 is 0 Å². The van der Waals surface area contributed by atoms with E-state index in [0.717, 1.165) is 37.5 Å². The zero-order valence-electron chi connectivity index (χ0n) is 14.9. The molecule has 0 spiro atoms. The van der Waals surface area contributed by atoms with Crippen LogP contribution in [0, 0.1) is 0 Å². The smallest absolute Gasteiger partial charge is 0.0500 e. The highest BCUT2D eigenvalue weighted by molar-refractivity contribution is 8.04. The van der Waals surface area contributed by atoms with Crippen LogP contribution in [0.4, 0.5) is 0 Å². The first kappa shape index (κ1) is 17.9. The number of rotatable bonds is 2. The second-order valence-corrected chi connectivity index (χ2v) is 14.4. The molecule has 4 atom stereocenters. The monoisotopic (exact) mass is 347 g/mol. The van der Waals surface area contributed by atoms with Crippen molar-refractivity contribution >= 4 is 33.2 Å². The molecule has 2 aliphatic rings. The molecular weight excluding hydrogens is 317 g/mol. The molecule has 5 heteroatoms. The number of nitrogens with one attached hydrogen (secondary N) is 2. The summed E-state index contributed by atoms with van der Waals surface area (Å²) in [5.74, 6) is 0. The average molecular weight is 347 g/mol. The van der Waals surface area contributed by atoms with Crippen molar-refractivity contribution in [1.82, 2.24) is 10.6 Å². The molecule has 2 saturated heterocycles. The molecule has 0 aromatic heterocycles. The summed E-state index contributed by atoms with van der Waals surface area (Å²) in [6, 6.07) is 9.20. The lowest BCUT2D eigenvalue weighted by molar-refractivity contribution is 0.633. The third-order valence-corrected chi connectivity index (χ3v) is 13.6. The molecular formula is C18H30BN2P2. The van der Waals surface area contributed by atoms with Gasteiger partial charge in [-0.05, 0) is 31.2 Å². The molecule has 23 heavy (non-hydrogen) atoms. The summed E-state index contributed by atoms with van der Waals surface area (Å²) in [5.41, 5.74) is 2.59. The fourth-order valence-corrected chi connectivity index (χ4v) is 11.8. The fraction of sp³-hybridized carbons (Fsp3) is 0.667. The van der Waals surface area contributed by atoms with Gasteiger partial charge in [0.2, 0.25) is 0 Å². The Hall–Kier alpha value is 0.0649. The van der Waals surface area contributed by atoms with Gasteiger partial charge in [-0.2, -0.15) is 0 Å². The van der Waals surface area contributed by atoms with E-state index in [-0.39, 0.29) is 7.92 Å². The lowest BCUT2D eigenvalue weighted by Crippen LogP contribution is -2.50.